The van der Waals surface area contributed by atoms with Crippen LogP contribution in [0.1, 0.15) is 36.2 Å². The fraction of sp³-hybridized carbons (Fsp3) is 0.455. The lowest BCUT2D eigenvalue weighted by molar-refractivity contribution is -0.384. The summed E-state index contributed by atoms with van der Waals surface area (Å²) < 4.78 is 0. The molecule has 0 bridgehead atoms. The smallest absolute Gasteiger partial charge is 0.354 e. The molecule has 1 fully saturated rings. The molecule has 1 aliphatic rings. The Morgan fingerprint density at radius 2 is 2.11 bits per heavy atom. The molecule has 0 aromatic carbocycles. The highest BCUT2D eigenvalue weighted by molar-refractivity contribution is 5.86. The lowest BCUT2D eigenvalue weighted by atomic mass is 10.2. The second-order valence-corrected chi connectivity index (χ2v) is 4.25. The molecule has 1 aromatic heterocycles. The van der Waals surface area contributed by atoms with Crippen LogP contribution < -0.4 is 5.32 Å². The first-order valence-electron chi connectivity index (χ1n) is 5.73. The first kappa shape index (κ1) is 12.3. The Hall–Kier alpha value is -2.18. The number of aromatic nitrogens is 1. The predicted octanol–water partition coefficient (Wildman–Crippen LogP) is 2.04. The number of carboxylic acid groups (broad SMARTS) is 1. The number of nitro groups is 1. The summed E-state index contributed by atoms with van der Waals surface area (Å²) in [6.45, 7) is 0. The molecule has 0 atom stereocenters. The maximum absolute atomic E-state index is 10.9. The number of carboxylic acids is 1. The van der Waals surface area contributed by atoms with Gasteiger partial charge >= 0.3 is 11.7 Å². The molecule has 18 heavy (non-hydrogen) atoms. The summed E-state index contributed by atoms with van der Waals surface area (Å²) in [5, 5.41) is 22.7. The zero-order valence-electron chi connectivity index (χ0n) is 9.63. The van der Waals surface area contributed by atoms with Crippen molar-refractivity contribution in [1.82, 2.24) is 4.98 Å². The summed E-state index contributed by atoms with van der Waals surface area (Å²) in [7, 11) is 0. The number of carbonyl (C=O) groups is 1. The Bertz CT molecular complexity index is 483. The van der Waals surface area contributed by atoms with Crippen molar-refractivity contribution in [3.8, 4) is 0 Å². The van der Waals surface area contributed by atoms with Crippen LogP contribution in [0.5, 0.6) is 0 Å². The molecule has 2 N–H and O–H groups in total. The van der Waals surface area contributed by atoms with Crippen LogP contribution in [0, 0.1) is 10.1 Å². The Balaban J connectivity index is 2.30. The number of hydrogen-bond acceptors (Lipinski definition) is 5. The first-order chi connectivity index (χ1) is 8.58. The molecule has 1 aromatic rings. The summed E-state index contributed by atoms with van der Waals surface area (Å²) in [5.74, 6) is -1.15. The molecular weight excluding hydrogens is 238 g/mol. The van der Waals surface area contributed by atoms with Gasteiger partial charge in [0.05, 0.1) is 4.92 Å². The van der Waals surface area contributed by atoms with Gasteiger partial charge in [-0.25, -0.2) is 9.78 Å². The van der Waals surface area contributed by atoms with Crippen molar-refractivity contribution in [1.29, 1.82) is 0 Å². The van der Waals surface area contributed by atoms with Gasteiger partial charge < -0.3 is 10.4 Å². The minimum atomic E-state index is -1.20. The van der Waals surface area contributed by atoms with Crippen molar-refractivity contribution in [2.45, 2.75) is 31.7 Å². The van der Waals surface area contributed by atoms with Crippen LogP contribution in [0.15, 0.2) is 12.1 Å². The van der Waals surface area contributed by atoms with Gasteiger partial charge in [0.15, 0.2) is 5.69 Å². The second-order valence-electron chi connectivity index (χ2n) is 4.25. The Morgan fingerprint density at radius 1 is 1.44 bits per heavy atom. The van der Waals surface area contributed by atoms with E-state index >= 15 is 0 Å². The molecule has 0 aliphatic heterocycles. The molecule has 2 rings (SSSR count). The number of nitrogens with zero attached hydrogens (tertiary/aromatic N) is 2. The Kier molecular flexibility index (Phi) is 3.40. The van der Waals surface area contributed by atoms with E-state index in [-0.39, 0.29) is 23.2 Å². The Morgan fingerprint density at radius 3 is 2.67 bits per heavy atom. The molecule has 0 radical (unpaired) electrons. The number of aromatic carboxylic acids is 1. The lowest BCUT2D eigenvalue weighted by Crippen LogP contribution is -2.17. The molecule has 0 spiro atoms. The van der Waals surface area contributed by atoms with E-state index in [1.807, 2.05) is 0 Å². The molecule has 1 saturated carbocycles. The van der Waals surface area contributed by atoms with Crippen LogP contribution in [0.4, 0.5) is 11.5 Å². The molecule has 7 nitrogen and oxygen atoms in total. The van der Waals surface area contributed by atoms with Crippen LogP contribution in [-0.4, -0.2) is 27.0 Å². The maximum atomic E-state index is 10.9. The van der Waals surface area contributed by atoms with Crippen LogP contribution in [0.25, 0.3) is 0 Å². The zero-order valence-corrected chi connectivity index (χ0v) is 9.63. The van der Waals surface area contributed by atoms with Gasteiger partial charge in [0.2, 0.25) is 5.82 Å². The average molecular weight is 251 g/mol. The van der Waals surface area contributed by atoms with Gasteiger partial charge in [0.1, 0.15) is 0 Å². The fourth-order valence-corrected chi connectivity index (χ4v) is 2.09. The standard InChI is InChI=1S/C11H13N3O4/c15-11(16)8-5-6-9(14(17)18)10(13-8)12-7-3-1-2-4-7/h5-7H,1-4H2,(H,12,13)(H,15,16). The van der Waals surface area contributed by atoms with Gasteiger partial charge in [0, 0.05) is 12.1 Å². The molecule has 1 heterocycles. The first-order valence-corrected chi connectivity index (χ1v) is 5.73. The largest absolute Gasteiger partial charge is 0.477 e. The van der Waals surface area contributed by atoms with E-state index in [4.69, 9.17) is 5.11 Å². The third-order valence-corrected chi connectivity index (χ3v) is 2.99. The summed E-state index contributed by atoms with van der Waals surface area (Å²) in [5.41, 5.74) is -0.381. The lowest BCUT2D eigenvalue weighted by Gasteiger charge is -2.12. The van der Waals surface area contributed by atoms with Gasteiger partial charge in [-0.3, -0.25) is 10.1 Å². The van der Waals surface area contributed by atoms with Crippen molar-refractivity contribution >= 4 is 17.5 Å². The number of anilines is 1. The summed E-state index contributed by atoms with van der Waals surface area (Å²) in [4.78, 5) is 24.9. The molecule has 0 unspecified atom stereocenters. The highest BCUT2D eigenvalue weighted by Gasteiger charge is 2.22. The van der Waals surface area contributed by atoms with Gasteiger partial charge in [-0.05, 0) is 18.9 Å². The number of hydrogen-bond donors (Lipinski definition) is 2. The van der Waals surface area contributed by atoms with Gasteiger partial charge in [-0.15, -0.1) is 0 Å². The van der Waals surface area contributed by atoms with E-state index in [1.165, 1.54) is 6.07 Å². The van der Waals surface area contributed by atoms with Crippen molar-refractivity contribution in [2.24, 2.45) is 0 Å². The summed E-state index contributed by atoms with van der Waals surface area (Å²) >= 11 is 0. The Labute approximate surface area is 103 Å². The molecule has 7 heteroatoms. The second kappa shape index (κ2) is 4.99. The normalized spacial score (nSPS) is 15.6. The zero-order chi connectivity index (χ0) is 13.1. The maximum Gasteiger partial charge on any atom is 0.354 e. The predicted molar refractivity (Wildman–Crippen MR) is 63.7 cm³/mol. The third-order valence-electron chi connectivity index (χ3n) is 2.99. The van der Waals surface area contributed by atoms with E-state index in [9.17, 15) is 14.9 Å². The van der Waals surface area contributed by atoms with E-state index in [0.717, 1.165) is 31.7 Å². The fourth-order valence-electron chi connectivity index (χ4n) is 2.09. The van der Waals surface area contributed by atoms with Crippen molar-refractivity contribution in [3.05, 3.63) is 27.9 Å². The van der Waals surface area contributed by atoms with Crippen LogP contribution >= 0.6 is 0 Å². The van der Waals surface area contributed by atoms with E-state index in [0.29, 0.717) is 0 Å². The van der Waals surface area contributed by atoms with E-state index in [1.54, 1.807) is 0 Å². The summed E-state index contributed by atoms with van der Waals surface area (Å²) in [6, 6.07) is 2.45. The molecule has 96 valence electrons. The molecule has 0 amide bonds. The van der Waals surface area contributed by atoms with Gasteiger partial charge in [-0.1, -0.05) is 12.8 Å². The van der Waals surface area contributed by atoms with Crippen molar-refractivity contribution in [3.63, 3.8) is 0 Å². The van der Waals surface area contributed by atoms with Crippen LogP contribution in [-0.2, 0) is 0 Å². The van der Waals surface area contributed by atoms with Gasteiger partial charge in [-0.2, -0.15) is 0 Å². The van der Waals surface area contributed by atoms with Crippen molar-refractivity contribution in [2.75, 3.05) is 5.32 Å². The number of nitrogens with one attached hydrogen (secondary N) is 1. The number of pyridine rings is 1. The van der Waals surface area contributed by atoms with E-state index < -0.39 is 10.9 Å². The van der Waals surface area contributed by atoms with E-state index in [2.05, 4.69) is 10.3 Å². The number of rotatable bonds is 4. The highest BCUT2D eigenvalue weighted by atomic mass is 16.6. The molecule has 1 aliphatic carbocycles. The highest BCUT2D eigenvalue weighted by Crippen LogP contribution is 2.27. The SMILES string of the molecule is O=C(O)c1ccc([N+](=O)[O-])c(NC2CCCC2)n1. The minimum absolute atomic E-state index is 0.0480. The van der Waals surface area contributed by atoms with Gasteiger partial charge in [0.25, 0.3) is 0 Å². The molecular formula is C11H13N3O4. The monoisotopic (exact) mass is 251 g/mol. The van der Waals surface area contributed by atoms with Crippen molar-refractivity contribution < 1.29 is 14.8 Å². The molecule has 0 saturated heterocycles. The quantitative estimate of drug-likeness (QED) is 0.626. The van der Waals surface area contributed by atoms with Crippen LogP contribution in [0.3, 0.4) is 0 Å². The topological polar surface area (TPSA) is 105 Å². The third kappa shape index (κ3) is 2.55. The summed E-state index contributed by atoms with van der Waals surface area (Å²) in [6.07, 6.45) is 4.00. The minimum Gasteiger partial charge on any atom is -0.477 e. The average Bonchev–Trinajstić information content (AvgIpc) is 2.81. The van der Waals surface area contributed by atoms with Crippen LogP contribution in [0.2, 0.25) is 0 Å².